The van der Waals surface area contributed by atoms with E-state index in [2.05, 4.69) is 5.32 Å². The molecule has 2 aromatic carbocycles. The molecule has 0 radical (unpaired) electrons. The van der Waals surface area contributed by atoms with Crippen LogP contribution in [-0.4, -0.2) is 25.8 Å². The van der Waals surface area contributed by atoms with E-state index in [1.54, 1.807) is 42.5 Å². The van der Waals surface area contributed by atoms with E-state index in [0.29, 0.717) is 36.6 Å². The summed E-state index contributed by atoms with van der Waals surface area (Å²) in [6, 6.07) is 13.4. The van der Waals surface area contributed by atoms with E-state index in [4.69, 9.17) is 0 Å². The van der Waals surface area contributed by atoms with Crippen molar-refractivity contribution in [3.63, 3.8) is 0 Å². The molecule has 0 aliphatic rings. The van der Waals surface area contributed by atoms with Gasteiger partial charge in [-0.25, -0.2) is 12.8 Å². The van der Waals surface area contributed by atoms with Crippen LogP contribution < -0.4 is 5.32 Å². The molecule has 6 heteroatoms. The molecule has 24 heavy (non-hydrogen) atoms. The maximum absolute atomic E-state index is 13.5. The van der Waals surface area contributed by atoms with Crippen molar-refractivity contribution in [3.05, 3.63) is 65.5 Å². The van der Waals surface area contributed by atoms with Crippen LogP contribution in [0.4, 0.5) is 4.39 Å². The summed E-state index contributed by atoms with van der Waals surface area (Å²) in [5, 5.41) is 3.16. The van der Waals surface area contributed by atoms with Gasteiger partial charge in [0.25, 0.3) is 0 Å². The number of hydrogen-bond acceptors (Lipinski definition) is 3. The number of halogens is 1. The quantitative estimate of drug-likeness (QED) is 0.796. The smallest absolute Gasteiger partial charge is 0.243 e. The minimum Gasteiger partial charge on any atom is -0.309 e. The second-order valence-corrected chi connectivity index (χ2v) is 7.37. The van der Waals surface area contributed by atoms with E-state index in [1.807, 2.05) is 13.8 Å². The molecule has 0 aromatic heterocycles. The van der Waals surface area contributed by atoms with Crippen molar-refractivity contribution < 1.29 is 12.8 Å². The van der Waals surface area contributed by atoms with Gasteiger partial charge in [-0.15, -0.1) is 0 Å². The first-order valence-electron chi connectivity index (χ1n) is 8.02. The Morgan fingerprint density at radius 3 is 2.17 bits per heavy atom. The van der Waals surface area contributed by atoms with Gasteiger partial charge < -0.3 is 5.32 Å². The van der Waals surface area contributed by atoms with Gasteiger partial charge in [-0.3, -0.25) is 0 Å². The van der Waals surface area contributed by atoms with Crippen LogP contribution in [0.15, 0.2) is 53.4 Å². The van der Waals surface area contributed by atoms with E-state index >= 15 is 0 Å². The molecule has 2 rings (SSSR count). The number of rotatable bonds is 8. The predicted molar refractivity (Wildman–Crippen MR) is 93.5 cm³/mol. The fourth-order valence-corrected chi connectivity index (χ4v) is 3.93. The Labute approximate surface area is 143 Å². The molecule has 130 valence electrons. The van der Waals surface area contributed by atoms with Crippen molar-refractivity contribution in [1.29, 1.82) is 0 Å². The third kappa shape index (κ3) is 4.41. The van der Waals surface area contributed by atoms with E-state index in [-0.39, 0.29) is 5.82 Å². The number of nitrogens with one attached hydrogen (secondary N) is 1. The summed E-state index contributed by atoms with van der Waals surface area (Å²) in [5.74, 6) is -0.231. The highest BCUT2D eigenvalue weighted by molar-refractivity contribution is 7.89. The van der Waals surface area contributed by atoms with Crippen molar-refractivity contribution in [2.24, 2.45) is 0 Å². The molecular formula is C18H23FN2O2S. The molecule has 0 unspecified atom stereocenters. The number of benzene rings is 2. The standard InChI is InChI=1S/C18H23FN2O2S/c1-3-21(4-2)24(22,23)17-11-9-15(10-12-17)13-20-14-16-7-5-6-8-18(16)19/h5-12,20H,3-4,13-14H2,1-2H3. The Hall–Kier alpha value is -1.76. The lowest BCUT2D eigenvalue weighted by molar-refractivity contribution is 0.445. The summed E-state index contributed by atoms with van der Waals surface area (Å²) in [7, 11) is -3.42. The second-order valence-electron chi connectivity index (χ2n) is 5.43. The first-order chi connectivity index (χ1) is 11.5. The summed E-state index contributed by atoms with van der Waals surface area (Å²) in [6.07, 6.45) is 0. The molecule has 0 spiro atoms. The van der Waals surface area contributed by atoms with E-state index in [9.17, 15) is 12.8 Å². The molecule has 0 fully saturated rings. The number of hydrogen-bond donors (Lipinski definition) is 1. The topological polar surface area (TPSA) is 49.4 Å². The molecule has 1 N–H and O–H groups in total. The monoisotopic (exact) mass is 350 g/mol. The highest BCUT2D eigenvalue weighted by Crippen LogP contribution is 2.16. The van der Waals surface area contributed by atoms with Crippen LogP contribution in [0.2, 0.25) is 0 Å². The Kier molecular flexibility index (Phi) is 6.48. The van der Waals surface area contributed by atoms with Gasteiger partial charge in [-0.05, 0) is 23.8 Å². The zero-order valence-electron chi connectivity index (χ0n) is 14.0. The lowest BCUT2D eigenvalue weighted by Crippen LogP contribution is -2.30. The lowest BCUT2D eigenvalue weighted by Gasteiger charge is -2.18. The molecule has 0 aliphatic heterocycles. The van der Waals surface area contributed by atoms with E-state index in [1.165, 1.54) is 10.4 Å². The predicted octanol–water partition coefficient (Wildman–Crippen LogP) is 3.15. The highest BCUT2D eigenvalue weighted by atomic mass is 32.2. The third-order valence-corrected chi connectivity index (χ3v) is 5.93. The Bertz CT molecular complexity index is 757. The van der Waals surface area contributed by atoms with Gasteiger partial charge >= 0.3 is 0 Å². The molecule has 0 amide bonds. The first kappa shape index (κ1) is 18.6. The van der Waals surface area contributed by atoms with Crippen LogP contribution in [0.1, 0.15) is 25.0 Å². The molecular weight excluding hydrogens is 327 g/mol. The molecule has 0 bridgehead atoms. The van der Waals surface area contributed by atoms with Gasteiger partial charge in [0.2, 0.25) is 10.0 Å². The fraction of sp³-hybridized carbons (Fsp3) is 0.333. The van der Waals surface area contributed by atoms with Crippen LogP contribution in [0, 0.1) is 5.82 Å². The van der Waals surface area contributed by atoms with Crippen molar-refractivity contribution in [2.45, 2.75) is 31.8 Å². The van der Waals surface area contributed by atoms with E-state index in [0.717, 1.165) is 5.56 Å². The summed E-state index contributed by atoms with van der Waals surface area (Å²) >= 11 is 0. The highest BCUT2D eigenvalue weighted by Gasteiger charge is 2.20. The summed E-state index contributed by atoms with van der Waals surface area (Å²) in [4.78, 5) is 0.295. The van der Waals surface area contributed by atoms with Gasteiger partial charge in [-0.2, -0.15) is 4.31 Å². The van der Waals surface area contributed by atoms with Gasteiger partial charge in [0, 0.05) is 31.7 Å². The zero-order chi connectivity index (χ0) is 17.6. The average molecular weight is 350 g/mol. The molecule has 0 saturated carbocycles. The minimum absolute atomic E-state index is 0.231. The lowest BCUT2D eigenvalue weighted by atomic mass is 10.2. The molecule has 0 saturated heterocycles. The Morgan fingerprint density at radius 2 is 1.58 bits per heavy atom. The molecule has 4 nitrogen and oxygen atoms in total. The SMILES string of the molecule is CCN(CC)S(=O)(=O)c1ccc(CNCc2ccccc2F)cc1. The summed E-state index contributed by atoms with van der Waals surface area (Å²) < 4.78 is 39.8. The summed E-state index contributed by atoms with van der Waals surface area (Å²) in [5.41, 5.74) is 1.56. The maximum Gasteiger partial charge on any atom is 0.243 e. The third-order valence-electron chi connectivity index (χ3n) is 3.87. The van der Waals surface area contributed by atoms with Crippen molar-refractivity contribution in [3.8, 4) is 0 Å². The van der Waals surface area contributed by atoms with Gasteiger partial charge in [-0.1, -0.05) is 44.2 Å². The van der Waals surface area contributed by atoms with Gasteiger partial charge in [0.15, 0.2) is 0 Å². The van der Waals surface area contributed by atoms with Gasteiger partial charge in [0.05, 0.1) is 4.90 Å². The van der Waals surface area contributed by atoms with Crippen LogP contribution in [0.25, 0.3) is 0 Å². The van der Waals surface area contributed by atoms with Crippen LogP contribution >= 0.6 is 0 Å². The number of nitrogens with zero attached hydrogens (tertiary/aromatic N) is 1. The fourth-order valence-electron chi connectivity index (χ4n) is 2.48. The van der Waals surface area contributed by atoms with Crippen LogP contribution in [0.5, 0.6) is 0 Å². The minimum atomic E-state index is -3.42. The Balaban J connectivity index is 1.99. The number of sulfonamides is 1. The zero-order valence-corrected chi connectivity index (χ0v) is 14.8. The first-order valence-corrected chi connectivity index (χ1v) is 9.46. The molecule has 0 atom stereocenters. The molecule has 2 aromatic rings. The van der Waals surface area contributed by atoms with Crippen LogP contribution in [-0.2, 0) is 23.1 Å². The van der Waals surface area contributed by atoms with Gasteiger partial charge in [0.1, 0.15) is 5.82 Å². The maximum atomic E-state index is 13.5. The van der Waals surface area contributed by atoms with Crippen LogP contribution in [0.3, 0.4) is 0 Å². The van der Waals surface area contributed by atoms with E-state index < -0.39 is 10.0 Å². The average Bonchev–Trinajstić information content (AvgIpc) is 2.58. The second kappa shape index (κ2) is 8.37. The van der Waals surface area contributed by atoms with Crippen molar-refractivity contribution in [1.82, 2.24) is 9.62 Å². The molecule has 0 aliphatic carbocycles. The normalized spacial score (nSPS) is 11.8. The van der Waals surface area contributed by atoms with Crippen molar-refractivity contribution >= 4 is 10.0 Å². The largest absolute Gasteiger partial charge is 0.309 e. The molecule has 0 heterocycles. The Morgan fingerprint density at radius 1 is 0.958 bits per heavy atom. The van der Waals surface area contributed by atoms with Crippen molar-refractivity contribution in [2.75, 3.05) is 13.1 Å². The summed E-state index contributed by atoms with van der Waals surface area (Å²) in [6.45, 7) is 5.51.